The van der Waals surface area contributed by atoms with Gasteiger partial charge in [0.1, 0.15) is 5.75 Å². The average molecular weight is 474 g/mol. The van der Waals surface area contributed by atoms with Crippen molar-refractivity contribution in [2.24, 2.45) is 17.8 Å². The van der Waals surface area contributed by atoms with Gasteiger partial charge in [0.25, 0.3) is 0 Å². The number of nitrogens with zero attached hydrogens (tertiary/aromatic N) is 1. The number of ether oxygens (including phenoxy) is 1. The zero-order chi connectivity index (χ0) is 24.7. The van der Waals surface area contributed by atoms with Crippen LogP contribution in [0.3, 0.4) is 0 Å². The van der Waals surface area contributed by atoms with Crippen molar-refractivity contribution in [3.05, 3.63) is 58.7 Å². The number of hydrogen-bond acceptors (Lipinski definition) is 4. The van der Waals surface area contributed by atoms with Gasteiger partial charge in [-0.15, -0.1) is 0 Å². The standard InChI is InChI=1S/C30H35NO4/c1-4-14-31-29(33)23-16-19(5-2)27-24(28(23)30(31)34)17-35-26(27)13-10-18(3)15-20-11-12-25(32)22-9-7-6-8-21(20)22/h6-9,11-12,15,23-24,26,28,32H,4-5,10,13-14,16-17H2,1-3H3/b18-15+/t23-,24+,26-,28-/m1/s1. The van der Waals surface area contributed by atoms with Gasteiger partial charge in [0, 0.05) is 17.8 Å². The Bertz CT molecular complexity index is 1230. The van der Waals surface area contributed by atoms with E-state index in [0.29, 0.717) is 25.3 Å². The lowest BCUT2D eigenvalue weighted by molar-refractivity contribution is -0.140. The van der Waals surface area contributed by atoms with Gasteiger partial charge in [-0.1, -0.05) is 61.4 Å². The van der Waals surface area contributed by atoms with E-state index < -0.39 is 0 Å². The van der Waals surface area contributed by atoms with Gasteiger partial charge in [-0.3, -0.25) is 14.5 Å². The molecule has 2 aliphatic heterocycles. The monoisotopic (exact) mass is 473 g/mol. The van der Waals surface area contributed by atoms with E-state index in [0.717, 1.165) is 42.0 Å². The van der Waals surface area contributed by atoms with Crippen LogP contribution in [0.25, 0.3) is 16.8 Å². The van der Waals surface area contributed by atoms with E-state index in [9.17, 15) is 14.7 Å². The number of allylic oxidation sites excluding steroid dienone is 2. The summed E-state index contributed by atoms with van der Waals surface area (Å²) in [5.74, 6) is -0.0756. The molecule has 4 atom stereocenters. The van der Waals surface area contributed by atoms with E-state index >= 15 is 0 Å². The minimum absolute atomic E-state index is 0.0129. The van der Waals surface area contributed by atoms with E-state index in [1.54, 1.807) is 6.07 Å². The van der Waals surface area contributed by atoms with Gasteiger partial charge >= 0.3 is 0 Å². The largest absolute Gasteiger partial charge is 0.507 e. The van der Waals surface area contributed by atoms with E-state index in [4.69, 9.17) is 4.74 Å². The van der Waals surface area contributed by atoms with Crippen molar-refractivity contribution in [1.82, 2.24) is 4.90 Å². The number of benzene rings is 2. The molecule has 2 heterocycles. The summed E-state index contributed by atoms with van der Waals surface area (Å²) in [5, 5.41) is 12.1. The van der Waals surface area contributed by atoms with Gasteiger partial charge in [-0.05, 0) is 61.6 Å². The van der Waals surface area contributed by atoms with Gasteiger partial charge in [0.05, 0.1) is 24.5 Å². The van der Waals surface area contributed by atoms with Gasteiger partial charge in [0.2, 0.25) is 11.8 Å². The Morgan fingerprint density at radius 2 is 1.86 bits per heavy atom. The van der Waals surface area contributed by atoms with Crippen molar-refractivity contribution >= 4 is 28.7 Å². The number of phenolic OH excluding ortho intramolecular Hbond substituents is 1. The van der Waals surface area contributed by atoms with Crippen molar-refractivity contribution < 1.29 is 19.4 Å². The maximum atomic E-state index is 13.2. The summed E-state index contributed by atoms with van der Waals surface area (Å²) >= 11 is 0. The Kier molecular flexibility index (Phi) is 6.54. The minimum Gasteiger partial charge on any atom is -0.507 e. The van der Waals surface area contributed by atoms with Gasteiger partial charge in [-0.2, -0.15) is 0 Å². The molecule has 5 heteroatoms. The van der Waals surface area contributed by atoms with Crippen LogP contribution in [0.1, 0.15) is 58.4 Å². The van der Waals surface area contributed by atoms with E-state index in [1.165, 1.54) is 21.6 Å². The fraction of sp³-hybridized carbons (Fsp3) is 0.467. The number of amides is 2. The van der Waals surface area contributed by atoms with E-state index in [-0.39, 0.29) is 35.7 Å². The summed E-state index contributed by atoms with van der Waals surface area (Å²) in [6, 6.07) is 11.6. The molecule has 184 valence electrons. The molecule has 2 saturated heterocycles. The highest BCUT2D eigenvalue weighted by Gasteiger charge is 2.56. The number of hydrogen-bond donors (Lipinski definition) is 1. The molecule has 1 N–H and O–H groups in total. The predicted molar refractivity (Wildman–Crippen MR) is 138 cm³/mol. The Hall–Kier alpha value is -2.92. The van der Waals surface area contributed by atoms with Crippen molar-refractivity contribution in [2.45, 2.75) is 59.0 Å². The maximum Gasteiger partial charge on any atom is 0.233 e. The van der Waals surface area contributed by atoms with Crippen LogP contribution < -0.4 is 0 Å². The zero-order valence-electron chi connectivity index (χ0n) is 20.9. The summed E-state index contributed by atoms with van der Waals surface area (Å²) in [4.78, 5) is 27.7. The molecule has 2 aromatic rings. The first kappa shape index (κ1) is 23.8. The quantitative estimate of drug-likeness (QED) is 0.404. The minimum atomic E-state index is -0.246. The third-order valence-corrected chi connectivity index (χ3v) is 8.11. The second-order valence-electron chi connectivity index (χ2n) is 10.3. The Morgan fingerprint density at radius 1 is 1.09 bits per heavy atom. The molecule has 0 bridgehead atoms. The lowest BCUT2D eigenvalue weighted by Crippen LogP contribution is -2.34. The first-order chi connectivity index (χ1) is 16.9. The fourth-order valence-electron chi connectivity index (χ4n) is 6.45. The number of carbonyl (C=O) groups is 2. The molecule has 5 nitrogen and oxygen atoms in total. The third-order valence-electron chi connectivity index (χ3n) is 8.11. The van der Waals surface area contributed by atoms with Crippen LogP contribution in [0, 0.1) is 17.8 Å². The lowest BCUT2D eigenvalue weighted by Gasteiger charge is -2.31. The van der Waals surface area contributed by atoms with E-state index in [2.05, 4.69) is 19.9 Å². The van der Waals surface area contributed by atoms with Crippen LogP contribution >= 0.6 is 0 Å². The van der Waals surface area contributed by atoms with Crippen LogP contribution in [0.2, 0.25) is 0 Å². The van der Waals surface area contributed by atoms with Crippen LogP contribution in [0.4, 0.5) is 0 Å². The molecular weight excluding hydrogens is 438 g/mol. The van der Waals surface area contributed by atoms with Gasteiger partial charge in [-0.25, -0.2) is 0 Å². The lowest BCUT2D eigenvalue weighted by atomic mass is 9.69. The summed E-state index contributed by atoms with van der Waals surface area (Å²) in [6.07, 6.45) is 6.36. The number of phenols is 1. The second-order valence-corrected chi connectivity index (χ2v) is 10.3. The highest BCUT2D eigenvalue weighted by Crippen LogP contribution is 2.50. The van der Waals surface area contributed by atoms with E-state index in [1.807, 2.05) is 37.3 Å². The molecule has 2 aromatic carbocycles. The number of fused-ring (bicyclic) bond motifs is 4. The Morgan fingerprint density at radius 3 is 2.60 bits per heavy atom. The Balaban J connectivity index is 1.35. The molecule has 1 aliphatic carbocycles. The molecule has 0 spiro atoms. The highest BCUT2D eigenvalue weighted by molar-refractivity contribution is 6.06. The number of likely N-dealkylation sites (tertiary alicyclic amines) is 1. The Labute approximate surface area is 207 Å². The average Bonchev–Trinajstić information content (AvgIpc) is 3.39. The smallest absolute Gasteiger partial charge is 0.233 e. The molecule has 5 rings (SSSR count). The van der Waals surface area contributed by atoms with Crippen LogP contribution in [-0.4, -0.2) is 41.1 Å². The van der Waals surface area contributed by atoms with Crippen LogP contribution in [-0.2, 0) is 14.3 Å². The number of aromatic hydroxyl groups is 1. The van der Waals surface area contributed by atoms with Gasteiger partial charge < -0.3 is 9.84 Å². The molecule has 3 aliphatic rings. The summed E-state index contributed by atoms with van der Waals surface area (Å²) < 4.78 is 6.31. The van der Waals surface area contributed by atoms with Crippen molar-refractivity contribution in [1.29, 1.82) is 0 Å². The molecule has 0 aromatic heterocycles. The van der Waals surface area contributed by atoms with Crippen LogP contribution in [0.5, 0.6) is 5.75 Å². The SMILES string of the molecule is CCCN1C(=O)[C@@H]2[C@@H](CC(CC)=C3[C@@H](CC/C(C)=C/c4ccc(O)c5ccccc45)OC[C@@H]32)C1=O. The molecule has 35 heavy (non-hydrogen) atoms. The molecule has 2 amide bonds. The topological polar surface area (TPSA) is 66.8 Å². The summed E-state index contributed by atoms with van der Waals surface area (Å²) in [6.45, 7) is 7.36. The summed E-state index contributed by atoms with van der Waals surface area (Å²) in [5.41, 5.74) is 4.98. The number of rotatable bonds is 7. The third kappa shape index (κ3) is 4.10. The normalized spacial score (nSPS) is 26.6. The zero-order valence-corrected chi connectivity index (χ0v) is 20.9. The van der Waals surface area contributed by atoms with Gasteiger partial charge in [0.15, 0.2) is 0 Å². The summed E-state index contributed by atoms with van der Waals surface area (Å²) in [7, 11) is 0. The molecule has 0 unspecified atom stereocenters. The highest BCUT2D eigenvalue weighted by atomic mass is 16.5. The van der Waals surface area contributed by atoms with Crippen molar-refractivity contribution in [3.8, 4) is 5.75 Å². The first-order valence-electron chi connectivity index (χ1n) is 13.0. The maximum absolute atomic E-state index is 13.2. The molecule has 0 saturated carbocycles. The molecule has 0 radical (unpaired) electrons. The second kappa shape index (κ2) is 9.62. The van der Waals surface area contributed by atoms with Crippen molar-refractivity contribution in [2.75, 3.05) is 13.2 Å². The van der Waals surface area contributed by atoms with Crippen molar-refractivity contribution in [3.63, 3.8) is 0 Å². The fourth-order valence-corrected chi connectivity index (χ4v) is 6.45. The molecular formula is C30H35NO4. The molecule has 2 fully saturated rings. The first-order valence-corrected chi connectivity index (χ1v) is 13.0. The predicted octanol–water partition coefficient (Wildman–Crippen LogP) is 5.87. The van der Waals surface area contributed by atoms with Crippen LogP contribution in [0.15, 0.2) is 53.1 Å². The number of carbonyl (C=O) groups excluding carboxylic acids is 2. The number of imide groups is 1.